The molecule has 7 nitrogen and oxygen atoms in total. The Bertz CT molecular complexity index is 1110. The van der Waals surface area contributed by atoms with Gasteiger partial charge in [0, 0.05) is 22.9 Å². The fraction of sp³-hybridized carbons (Fsp3) is 0.0909. The van der Waals surface area contributed by atoms with Gasteiger partial charge in [-0.05, 0) is 49.7 Å². The fourth-order valence-corrected chi connectivity index (χ4v) is 2.85. The quantitative estimate of drug-likeness (QED) is 0.487. The molecule has 0 unspecified atom stereocenters. The molecular formula is C22H19N3O4. The molecule has 0 saturated heterocycles. The van der Waals surface area contributed by atoms with Crippen LogP contribution in [0.2, 0.25) is 0 Å². The molecule has 0 bridgehead atoms. The maximum absolute atomic E-state index is 12.7. The first-order valence-corrected chi connectivity index (χ1v) is 8.88. The number of benzene rings is 3. The first-order chi connectivity index (χ1) is 13.8. The van der Waals surface area contributed by atoms with Gasteiger partial charge in [-0.1, -0.05) is 30.3 Å². The molecule has 0 atom stereocenters. The summed E-state index contributed by atoms with van der Waals surface area (Å²) in [5.74, 6) is -0.912. The zero-order valence-corrected chi connectivity index (χ0v) is 15.9. The van der Waals surface area contributed by atoms with Crippen LogP contribution in [0.5, 0.6) is 0 Å². The van der Waals surface area contributed by atoms with Crippen LogP contribution in [0.15, 0.2) is 66.7 Å². The normalized spacial score (nSPS) is 10.3. The number of nitro groups is 1. The predicted molar refractivity (Wildman–Crippen MR) is 111 cm³/mol. The lowest BCUT2D eigenvalue weighted by molar-refractivity contribution is -0.385. The van der Waals surface area contributed by atoms with Crippen molar-refractivity contribution in [3.63, 3.8) is 0 Å². The lowest BCUT2D eigenvalue weighted by atomic mass is 10.1. The summed E-state index contributed by atoms with van der Waals surface area (Å²) in [5.41, 5.74) is 2.70. The van der Waals surface area contributed by atoms with Crippen molar-refractivity contribution in [2.45, 2.75) is 13.8 Å². The van der Waals surface area contributed by atoms with Gasteiger partial charge in [0.1, 0.15) is 0 Å². The van der Waals surface area contributed by atoms with Gasteiger partial charge in [-0.15, -0.1) is 0 Å². The summed E-state index contributed by atoms with van der Waals surface area (Å²) in [6.45, 7) is 3.52. The number of carbonyl (C=O) groups excluding carboxylic acids is 2. The van der Waals surface area contributed by atoms with Crippen molar-refractivity contribution >= 4 is 28.9 Å². The molecule has 7 heteroatoms. The van der Waals surface area contributed by atoms with E-state index in [0.29, 0.717) is 16.9 Å². The predicted octanol–water partition coefficient (Wildman–Crippen LogP) is 4.72. The maximum Gasteiger partial charge on any atom is 0.273 e. The van der Waals surface area contributed by atoms with E-state index in [1.165, 1.54) is 18.2 Å². The third kappa shape index (κ3) is 4.65. The van der Waals surface area contributed by atoms with Crippen LogP contribution in [-0.2, 0) is 0 Å². The number of nitro benzene ring substituents is 1. The van der Waals surface area contributed by atoms with Crippen LogP contribution in [-0.4, -0.2) is 16.7 Å². The number of hydrogen-bond donors (Lipinski definition) is 2. The van der Waals surface area contributed by atoms with Crippen molar-refractivity contribution in [1.29, 1.82) is 0 Å². The van der Waals surface area contributed by atoms with E-state index in [2.05, 4.69) is 10.6 Å². The van der Waals surface area contributed by atoms with Crippen molar-refractivity contribution in [1.82, 2.24) is 0 Å². The molecule has 3 aromatic rings. The van der Waals surface area contributed by atoms with Crippen molar-refractivity contribution in [3.05, 3.63) is 99.1 Å². The summed E-state index contributed by atoms with van der Waals surface area (Å²) in [6.07, 6.45) is 0. The largest absolute Gasteiger partial charge is 0.322 e. The molecule has 0 aromatic heterocycles. The van der Waals surface area contributed by atoms with Gasteiger partial charge >= 0.3 is 0 Å². The van der Waals surface area contributed by atoms with E-state index in [1.807, 2.05) is 25.1 Å². The summed E-state index contributed by atoms with van der Waals surface area (Å²) in [4.78, 5) is 35.9. The summed E-state index contributed by atoms with van der Waals surface area (Å²) in [5, 5.41) is 16.6. The Morgan fingerprint density at radius 2 is 1.62 bits per heavy atom. The summed E-state index contributed by atoms with van der Waals surface area (Å²) in [7, 11) is 0. The van der Waals surface area contributed by atoms with Gasteiger partial charge in [-0.3, -0.25) is 19.7 Å². The third-order valence-electron chi connectivity index (χ3n) is 4.36. The average Bonchev–Trinajstić information content (AvgIpc) is 2.68. The average molecular weight is 389 g/mol. The standard InChI is InChI=1S/C22H19N3O4/c1-14-6-5-7-17(12-14)23-22(27)18-8-3-4-9-19(18)24-21(26)16-11-10-15(2)20(13-16)25(28)29/h3-13H,1-2H3,(H,23,27)(H,24,26). The van der Waals surface area contributed by atoms with Gasteiger partial charge in [0.25, 0.3) is 17.5 Å². The Labute approximate surface area is 167 Å². The molecule has 0 aliphatic heterocycles. The minimum atomic E-state index is -0.538. The number of anilines is 2. The van der Waals surface area contributed by atoms with E-state index in [1.54, 1.807) is 37.3 Å². The second-order valence-electron chi connectivity index (χ2n) is 6.58. The fourth-order valence-electron chi connectivity index (χ4n) is 2.85. The van der Waals surface area contributed by atoms with Crippen LogP contribution in [0.3, 0.4) is 0 Å². The molecule has 2 amide bonds. The molecule has 0 fully saturated rings. The van der Waals surface area contributed by atoms with Crippen LogP contribution < -0.4 is 10.6 Å². The Hall–Kier alpha value is -4.00. The van der Waals surface area contributed by atoms with Crippen LogP contribution in [0.4, 0.5) is 17.1 Å². The molecule has 2 N–H and O–H groups in total. The van der Waals surface area contributed by atoms with E-state index in [9.17, 15) is 19.7 Å². The molecular weight excluding hydrogens is 370 g/mol. The molecule has 0 aliphatic carbocycles. The van der Waals surface area contributed by atoms with Crippen LogP contribution in [0.1, 0.15) is 31.8 Å². The SMILES string of the molecule is Cc1cccc(NC(=O)c2ccccc2NC(=O)c2ccc(C)c([N+](=O)[O-])c2)c1. The van der Waals surface area contributed by atoms with Crippen molar-refractivity contribution in [3.8, 4) is 0 Å². The molecule has 0 saturated carbocycles. The van der Waals surface area contributed by atoms with Crippen LogP contribution in [0.25, 0.3) is 0 Å². The van der Waals surface area contributed by atoms with Crippen molar-refractivity contribution in [2.75, 3.05) is 10.6 Å². The Balaban J connectivity index is 1.84. The number of rotatable bonds is 5. The molecule has 3 aromatic carbocycles. The number of para-hydroxylation sites is 1. The third-order valence-corrected chi connectivity index (χ3v) is 4.36. The second kappa shape index (κ2) is 8.35. The van der Waals surface area contributed by atoms with E-state index in [4.69, 9.17) is 0 Å². The molecule has 0 heterocycles. The van der Waals surface area contributed by atoms with E-state index in [0.717, 1.165) is 5.56 Å². The molecule has 146 valence electrons. The van der Waals surface area contributed by atoms with Gasteiger partial charge in [0.2, 0.25) is 0 Å². The summed E-state index contributed by atoms with van der Waals surface area (Å²) >= 11 is 0. The lowest BCUT2D eigenvalue weighted by Gasteiger charge is -2.12. The van der Waals surface area contributed by atoms with Gasteiger partial charge in [-0.25, -0.2) is 0 Å². The first kappa shape index (κ1) is 19.8. The molecule has 29 heavy (non-hydrogen) atoms. The number of hydrogen-bond acceptors (Lipinski definition) is 4. The van der Waals surface area contributed by atoms with Gasteiger partial charge in [0.15, 0.2) is 0 Å². The number of amides is 2. The first-order valence-electron chi connectivity index (χ1n) is 8.88. The zero-order valence-electron chi connectivity index (χ0n) is 15.9. The smallest absolute Gasteiger partial charge is 0.273 e. The van der Waals surface area contributed by atoms with Crippen LogP contribution in [0, 0.1) is 24.0 Å². The summed E-state index contributed by atoms with van der Waals surface area (Å²) in [6, 6.07) is 18.2. The highest BCUT2D eigenvalue weighted by Crippen LogP contribution is 2.22. The molecule has 3 rings (SSSR count). The summed E-state index contributed by atoms with van der Waals surface area (Å²) < 4.78 is 0. The zero-order chi connectivity index (χ0) is 21.0. The Kier molecular flexibility index (Phi) is 5.69. The highest BCUT2D eigenvalue weighted by molar-refractivity contribution is 6.12. The lowest BCUT2D eigenvalue weighted by Crippen LogP contribution is -2.18. The van der Waals surface area contributed by atoms with Gasteiger partial charge in [0.05, 0.1) is 16.2 Å². The number of nitrogens with one attached hydrogen (secondary N) is 2. The van der Waals surface area contributed by atoms with Crippen LogP contribution >= 0.6 is 0 Å². The number of nitrogens with zero attached hydrogens (tertiary/aromatic N) is 1. The molecule has 0 aliphatic rings. The second-order valence-corrected chi connectivity index (χ2v) is 6.58. The van der Waals surface area contributed by atoms with E-state index >= 15 is 0 Å². The van der Waals surface area contributed by atoms with Gasteiger partial charge in [-0.2, -0.15) is 0 Å². The van der Waals surface area contributed by atoms with E-state index in [-0.39, 0.29) is 22.7 Å². The highest BCUT2D eigenvalue weighted by atomic mass is 16.6. The number of aryl methyl sites for hydroxylation is 2. The van der Waals surface area contributed by atoms with Crippen molar-refractivity contribution in [2.24, 2.45) is 0 Å². The topological polar surface area (TPSA) is 101 Å². The minimum Gasteiger partial charge on any atom is -0.322 e. The number of carbonyl (C=O) groups is 2. The minimum absolute atomic E-state index is 0.135. The Morgan fingerprint density at radius 1 is 0.862 bits per heavy atom. The highest BCUT2D eigenvalue weighted by Gasteiger charge is 2.17. The van der Waals surface area contributed by atoms with Crippen molar-refractivity contribution < 1.29 is 14.5 Å². The van der Waals surface area contributed by atoms with E-state index < -0.39 is 10.8 Å². The maximum atomic E-state index is 12.7. The van der Waals surface area contributed by atoms with Gasteiger partial charge < -0.3 is 10.6 Å². The molecule has 0 radical (unpaired) electrons. The monoisotopic (exact) mass is 389 g/mol. The Morgan fingerprint density at radius 3 is 2.34 bits per heavy atom. The molecule has 0 spiro atoms.